The highest BCUT2D eigenvalue weighted by molar-refractivity contribution is 7.98. The van der Waals surface area contributed by atoms with Crippen LogP contribution in [-0.4, -0.2) is 24.6 Å². The predicted molar refractivity (Wildman–Crippen MR) is 82.6 cm³/mol. The number of anilines is 1. The lowest BCUT2D eigenvalue weighted by Gasteiger charge is -2.23. The molecule has 18 heavy (non-hydrogen) atoms. The van der Waals surface area contributed by atoms with Gasteiger partial charge in [0.15, 0.2) is 0 Å². The number of rotatable bonds is 6. The molecule has 1 atom stereocenters. The maximum Gasteiger partial charge on any atom is 0.0418 e. The van der Waals surface area contributed by atoms with Gasteiger partial charge in [0, 0.05) is 30.6 Å². The molecule has 2 rings (SSSR count). The third-order valence-electron chi connectivity index (χ3n) is 3.60. The minimum atomic E-state index is 0.624. The van der Waals surface area contributed by atoms with Crippen LogP contribution in [0.25, 0.3) is 0 Å². The molecule has 1 aliphatic heterocycles. The van der Waals surface area contributed by atoms with E-state index in [1.54, 1.807) is 0 Å². The maximum absolute atomic E-state index is 3.68. The normalized spacial score (nSPS) is 15.9. The van der Waals surface area contributed by atoms with Crippen LogP contribution in [0.15, 0.2) is 18.2 Å². The summed E-state index contributed by atoms with van der Waals surface area (Å²) in [6.45, 7) is 4.36. The van der Waals surface area contributed by atoms with Crippen molar-refractivity contribution in [1.29, 1.82) is 0 Å². The molecule has 1 unspecified atom stereocenters. The molecule has 2 N–H and O–H groups in total. The molecule has 100 valence electrons. The maximum atomic E-state index is 3.68. The van der Waals surface area contributed by atoms with Gasteiger partial charge in [-0.25, -0.2) is 0 Å². The standard InChI is InChI=1S/C15H24N2S/c1-3-14(11-18-2)17-10-13-7-4-6-12-8-5-9-16-15(12)13/h4,6-7,14,16-17H,3,5,8-11H2,1-2H3. The molecule has 1 aliphatic rings. The van der Waals surface area contributed by atoms with Crippen LogP contribution in [0.2, 0.25) is 0 Å². The second-order valence-corrected chi connectivity index (χ2v) is 5.83. The average Bonchev–Trinajstić information content (AvgIpc) is 2.43. The van der Waals surface area contributed by atoms with Gasteiger partial charge >= 0.3 is 0 Å². The fourth-order valence-electron chi connectivity index (χ4n) is 2.50. The molecule has 0 bridgehead atoms. The van der Waals surface area contributed by atoms with E-state index in [1.165, 1.54) is 41.8 Å². The molecule has 0 saturated heterocycles. The van der Waals surface area contributed by atoms with Gasteiger partial charge in [-0.2, -0.15) is 11.8 Å². The Hall–Kier alpha value is -0.670. The summed E-state index contributed by atoms with van der Waals surface area (Å²) in [6, 6.07) is 7.32. The van der Waals surface area contributed by atoms with Crippen molar-refractivity contribution >= 4 is 17.4 Å². The highest BCUT2D eigenvalue weighted by atomic mass is 32.2. The zero-order chi connectivity index (χ0) is 12.8. The van der Waals surface area contributed by atoms with Gasteiger partial charge in [0.05, 0.1) is 0 Å². The molecule has 0 fully saturated rings. The van der Waals surface area contributed by atoms with E-state index < -0.39 is 0 Å². The largest absolute Gasteiger partial charge is 0.385 e. The Balaban J connectivity index is 2.00. The van der Waals surface area contributed by atoms with E-state index in [0.29, 0.717) is 6.04 Å². The summed E-state index contributed by atoms with van der Waals surface area (Å²) < 4.78 is 0. The molecule has 0 spiro atoms. The van der Waals surface area contributed by atoms with Gasteiger partial charge in [-0.05, 0) is 36.6 Å². The van der Waals surface area contributed by atoms with Crippen molar-refractivity contribution in [3.63, 3.8) is 0 Å². The molecule has 1 aromatic rings. The minimum Gasteiger partial charge on any atom is -0.385 e. The number of fused-ring (bicyclic) bond motifs is 1. The van der Waals surface area contributed by atoms with Crippen LogP contribution < -0.4 is 10.6 Å². The second kappa shape index (κ2) is 7.05. The number of aryl methyl sites for hydroxylation is 1. The second-order valence-electron chi connectivity index (χ2n) is 4.92. The summed E-state index contributed by atoms with van der Waals surface area (Å²) in [5.41, 5.74) is 4.29. The third-order valence-corrected chi connectivity index (χ3v) is 4.34. The summed E-state index contributed by atoms with van der Waals surface area (Å²) in [5.74, 6) is 1.19. The van der Waals surface area contributed by atoms with Crippen molar-refractivity contribution in [1.82, 2.24) is 5.32 Å². The molecule has 3 heteroatoms. The fourth-order valence-corrected chi connectivity index (χ4v) is 3.26. The van der Waals surface area contributed by atoms with E-state index in [1.807, 2.05) is 11.8 Å². The molecule has 0 saturated carbocycles. The van der Waals surface area contributed by atoms with Crippen molar-refractivity contribution in [3.05, 3.63) is 29.3 Å². The van der Waals surface area contributed by atoms with E-state index >= 15 is 0 Å². The Kier molecular flexibility index (Phi) is 5.39. The zero-order valence-corrected chi connectivity index (χ0v) is 12.3. The summed E-state index contributed by atoms with van der Waals surface area (Å²) >= 11 is 1.92. The summed E-state index contributed by atoms with van der Waals surface area (Å²) in [5, 5.41) is 7.24. The fraction of sp³-hybridized carbons (Fsp3) is 0.600. The van der Waals surface area contributed by atoms with Crippen LogP contribution in [0.4, 0.5) is 5.69 Å². The van der Waals surface area contributed by atoms with Crippen LogP contribution >= 0.6 is 11.8 Å². The monoisotopic (exact) mass is 264 g/mol. The first-order valence-electron chi connectivity index (χ1n) is 6.92. The lowest BCUT2D eigenvalue weighted by molar-refractivity contribution is 0.541. The lowest BCUT2D eigenvalue weighted by atomic mass is 9.99. The molecule has 1 heterocycles. The molecule has 0 amide bonds. The third kappa shape index (κ3) is 3.42. The van der Waals surface area contributed by atoms with E-state index in [4.69, 9.17) is 0 Å². The zero-order valence-electron chi connectivity index (χ0n) is 11.5. The molecule has 0 aromatic heterocycles. The van der Waals surface area contributed by atoms with Crippen LogP contribution in [-0.2, 0) is 13.0 Å². The Labute approximate surface area is 115 Å². The van der Waals surface area contributed by atoms with E-state index in [9.17, 15) is 0 Å². The molecule has 2 nitrogen and oxygen atoms in total. The highest BCUT2D eigenvalue weighted by Crippen LogP contribution is 2.26. The summed E-state index contributed by atoms with van der Waals surface area (Å²) in [7, 11) is 0. The molecular weight excluding hydrogens is 240 g/mol. The predicted octanol–water partition coefficient (Wildman–Crippen LogP) is 3.28. The van der Waals surface area contributed by atoms with Crippen LogP contribution in [0.3, 0.4) is 0 Å². The van der Waals surface area contributed by atoms with Crippen molar-refractivity contribution in [2.24, 2.45) is 0 Å². The topological polar surface area (TPSA) is 24.1 Å². The van der Waals surface area contributed by atoms with Crippen LogP contribution in [0.5, 0.6) is 0 Å². The van der Waals surface area contributed by atoms with Crippen LogP contribution in [0.1, 0.15) is 30.9 Å². The average molecular weight is 264 g/mol. The Morgan fingerprint density at radius 3 is 3.11 bits per heavy atom. The first-order chi connectivity index (χ1) is 8.85. The Morgan fingerprint density at radius 1 is 1.44 bits per heavy atom. The minimum absolute atomic E-state index is 0.624. The van der Waals surface area contributed by atoms with Gasteiger partial charge in [0.1, 0.15) is 0 Å². The SMILES string of the molecule is CCC(CSC)NCc1cccc2c1NCCC2. The number of thioether (sulfide) groups is 1. The van der Waals surface area contributed by atoms with Gasteiger partial charge < -0.3 is 10.6 Å². The van der Waals surface area contributed by atoms with E-state index in [-0.39, 0.29) is 0 Å². The first kappa shape index (κ1) is 13.8. The number of benzene rings is 1. The Morgan fingerprint density at radius 2 is 2.33 bits per heavy atom. The lowest BCUT2D eigenvalue weighted by Crippen LogP contribution is -2.30. The van der Waals surface area contributed by atoms with Gasteiger partial charge in [0.2, 0.25) is 0 Å². The highest BCUT2D eigenvalue weighted by Gasteiger charge is 2.13. The summed E-state index contributed by atoms with van der Waals surface area (Å²) in [6.07, 6.45) is 5.85. The van der Waals surface area contributed by atoms with Gasteiger partial charge in [-0.1, -0.05) is 25.1 Å². The summed E-state index contributed by atoms with van der Waals surface area (Å²) in [4.78, 5) is 0. The molecule has 0 radical (unpaired) electrons. The Bertz CT molecular complexity index is 379. The number of hydrogen-bond acceptors (Lipinski definition) is 3. The van der Waals surface area contributed by atoms with Gasteiger partial charge in [-0.3, -0.25) is 0 Å². The van der Waals surface area contributed by atoms with Crippen molar-refractivity contribution in [2.45, 2.75) is 38.8 Å². The van der Waals surface area contributed by atoms with Gasteiger partial charge in [-0.15, -0.1) is 0 Å². The number of para-hydroxylation sites is 1. The number of hydrogen-bond donors (Lipinski definition) is 2. The van der Waals surface area contributed by atoms with Gasteiger partial charge in [0.25, 0.3) is 0 Å². The molecular formula is C15H24N2S. The molecule has 1 aromatic carbocycles. The smallest absolute Gasteiger partial charge is 0.0418 e. The quantitative estimate of drug-likeness (QED) is 0.824. The molecule has 0 aliphatic carbocycles. The van der Waals surface area contributed by atoms with E-state index in [0.717, 1.165) is 13.1 Å². The van der Waals surface area contributed by atoms with Crippen molar-refractivity contribution in [2.75, 3.05) is 23.9 Å². The number of nitrogens with one attached hydrogen (secondary N) is 2. The first-order valence-corrected chi connectivity index (χ1v) is 8.31. The van der Waals surface area contributed by atoms with Crippen molar-refractivity contribution < 1.29 is 0 Å². The van der Waals surface area contributed by atoms with Crippen molar-refractivity contribution in [3.8, 4) is 0 Å². The van der Waals surface area contributed by atoms with E-state index in [2.05, 4.69) is 42.0 Å². The van der Waals surface area contributed by atoms with Crippen LogP contribution in [0, 0.1) is 0 Å².